The van der Waals surface area contributed by atoms with Gasteiger partial charge in [-0.1, -0.05) is 30.5 Å². The molecule has 110 valence electrons. The first kappa shape index (κ1) is 14.9. The Labute approximate surface area is 121 Å². The van der Waals surface area contributed by atoms with Gasteiger partial charge < -0.3 is 10.1 Å². The molecule has 0 unspecified atom stereocenters. The summed E-state index contributed by atoms with van der Waals surface area (Å²) in [6.07, 6.45) is 7.62. The fourth-order valence-electron chi connectivity index (χ4n) is 2.58. The van der Waals surface area contributed by atoms with E-state index in [0.29, 0.717) is 13.0 Å². The van der Waals surface area contributed by atoms with E-state index < -0.39 is 0 Å². The van der Waals surface area contributed by atoms with Gasteiger partial charge in [0.1, 0.15) is 6.10 Å². The summed E-state index contributed by atoms with van der Waals surface area (Å²) in [6.45, 7) is 2.70. The first-order valence-corrected chi connectivity index (χ1v) is 7.74. The van der Waals surface area contributed by atoms with Gasteiger partial charge in [0.25, 0.3) is 0 Å². The average molecular weight is 275 g/mol. The molecule has 0 spiro atoms. The van der Waals surface area contributed by atoms with Gasteiger partial charge in [-0.15, -0.1) is 0 Å². The molecule has 1 N–H and O–H groups in total. The van der Waals surface area contributed by atoms with Crippen LogP contribution < -0.4 is 5.32 Å². The van der Waals surface area contributed by atoms with Gasteiger partial charge in [0.2, 0.25) is 0 Å². The third-order valence-corrected chi connectivity index (χ3v) is 3.81. The molecule has 1 aliphatic carbocycles. The summed E-state index contributed by atoms with van der Waals surface area (Å²) in [5, 5.41) is 3.25. The minimum atomic E-state index is -0.0727. The van der Waals surface area contributed by atoms with Crippen molar-refractivity contribution in [1.29, 1.82) is 0 Å². The second-order valence-corrected chi connectivity index (χ2v) is 5.65. The smallest absolute Gasteiger partial charge is 0.307 e. The molecule has 1 saturated carbocycles. The maximum Gasteiger partial charge on any atom is 0.307 e. The van der Waals surface area contributed by atoms with Crippen LogP contribution in [0.1, 0.15) is 50.5 Å². The number of carbonyl (C=O) groups is 1. The van der Waals surface area contributed by atoms with Crippen LogP contribution in [0.25, 0.3) is 0 Å². The molecule has 1 aromatic carbocycles. The summed E-state index contributed by atoms with van der Waals surface area (Å²) in [7, 11) is 0. The highest BCUT2D eigenvalue weighted by molar-refractivity contribution is 5.70. The molecule has 1 aromatic rings. The highest BCUT2D eigenvalue weighted by atomic mass is 16.5. The number of nitrogens with one attached hydrogen (secondary N) is 1. The van der Waals surface area contributed by atoms with Crippen molar-refractivity contribution in [1.82, 2.24) is 0 Å². The maximum absolute atomic E-state index is 11.8. The SMILES string of the molecule is Cc1ccc(NCCC(=O)OC2CCCCCC2)cc1. The van der Waals surface area contributed by atoms with Crippen molar-refractivity contribution in [2.75, 3.05) is 11.9 Å². The summed E-state index contributed by atoms with van der Waals surface area (Å²) in [6, 6.07) is 8.19. The van der Waals surface area contributed by atoms with E-state index >= 15 is 0 Å². The van der Waals surface area contributed by atoms with Crippen LogP contribution in [0.2, 0.25) is 0 Å². The van der Waals surface area contributed by atoms with Crippen LogP contribution in [0.3, 0.4) is 0 Å². The predicted octanol–water partition coefficient (Wildman–Crippen LogP) is 4.06. The number of hydrogen-bond acceptors (Lipinski definition) is 3. The highest BCUT2D eigenvalue weighted by Crippen LogP contribution is 2.20. The van der Waals surface area contributed by atoms with Crippen molar-refractivity contribution in [3.05, 3.63) is 29.8 Å². The van der Waals surface area contributed by atoms with E-state index in [0.717, 1.165) is 18.5 Å². The molecule has 0 atom stereocenters. The van der Waals surface area contributed by atoms with Crippen LogP contribution in [-0.4, -0.2) is 18.6 Å². The average Bonchev–Trinajstić information content (AvgIpc) is 2.70. The third kappa shape index (κ3) is 5.24. The number of rotatable bonds is 5. The van der Waals surface area contributed by atoms with Crippen LogP contribution in [0, 0.1) is 6.92 Å². The summed E-state index contributed by atoms with van der Waals surface area (Å²) >= 11 is 0. The van der Waals surface area contributed by atoms with E-state index in [1.807, 2.05) is 12.1 Å². The van der Waals surface area contributed by atoms with Gasteiger partial charge in [0, 0.05) is 12.2 Å². The number of anilines is 1. The first-order valence-electron chi connectivity index (χ1n) is 7.74. The molecular formula is C17H25NO2. The zero-order valence-electron chi connectivity index (χ0n) is 12.4. The van der Waals surface area contributed by atoms with E-state index in [1.54, 1.807) is 0 Å². The fourth-order valence-corrected chi connectivity index (χ4v) is 2.58. The number of esters is 1. The van der Waals surface area contributed by atoms with Crippen LogP contribution >= 0.6 is 0 Å². The van der Waals surface area contributed by atoms with Crippen molar-refractivity contribution in [3.63, 3.8) is 0 Å². The quantitative estimate of drug-likeness (QED) is 0.650. The molecule has 1 fully saturated rings. The molecule has 0 amide bonds. The summed E-state index contributed by atoms with van der Waals surface area (Å²) in [5.74, 6) is -0.0727. The Kier molecular flexibility index (Phi) is 5.90. The minimum absolute atomic E-state index is 0.0727. The first-order chi connectivity index (χ1) is 9.74. The molecule has 0 heterocycles. The molecular weight excluding hydrogens is 250 g/mol. The Bertz CT molecular complexity index is 406. The molecule has 3 nitrogen and oxygen atoms in total. The van der Waals surface area contributed by atoms with Crippen molar-refractivity contribution in [2.24, 2.45) is 0 Å². The van der Waals surface area contributed by atoms with Gasteiger partial charge in [0.05, 0.1) is 6.42 Å². The second-order valence-electron chi connectivity index (χ2n) is 5.65. The lowest BCUT2D eigenvalue weighted by Gasteiger charge is -2.15. The predicted molar refractivity (Wildman–Crippen MR) is 81.9 cm³/mol. The maximum atomic E-state index is 11.8. The van der Waals surface area contributed by atoms with Crippen LogP contribution in [0.15, 0.2) is 24.3 Å². The Morgan fingerprint density at radius 1 is 1.15 bits per heavy atom. The monoisotopic (exact) mass is 275 g/mol. The van der Waals surface area contributed by atoms with Crippen molar-refractivity contribution in [3.8, 4) is 0 Å². The molecule has 0 radical (unpaired) electrons. The highest BCUT2D eigenvalue weighted by Gasteiger charge is 2.16. The van der Waals surface area contributed by atoms with Gasteiger partial charge >= 0.3 is 5.97 Å². The minimum Gasteiger partial charge on any atom is -0.462 e. The lowest BCUT2D eigenvalue weighted by atomic mass is 10.1. The number of ether oxygens (including phenoxy) is 1. The van der Waals surface area contributed by atoms with E-state index in [4.69, 9.17) is 4.74 Å². The van der Waals surface area contributed by atoms with E-state index in [9.17, 15) is 4.79 Å². The number of hydrogen-bond donors (Lipinski definition) is 1. The number of benzene rings is 1. The zero-order chi connectivity index (χ0) is 14.2. The molecule has 1 aliphatic rings. The molecule has 0 bridgehead atoms. The normalized spacial score (nSPS) is 16.4. The summed E-state index contributed by atoms with van der Waals surface area (Å²) < 4.78 is 5.55. The topological polar surface area (TPSA) is 38.3 Å². The molecule has 3 heteroatoms. The number of aryl methyl sites for hydroxylation is 1. The summed E-state index contributed by atoms with van der Waals surface area (Å²) in [5.41, 5.74) is 2.29. The van der Waals surface area contributed by atoms with E-state index in [2.05, 4.69) is 24.4 Å². The number of carbonyl (C=O) groups excluding carboxylic acids is 1. The van der Waals surface area contributed by atoms with Crippen LogP contribution in [-0.2, 0) is 9.53 Å². The van der Waals surface area contributed by atoms with Gasteiger partial charge in [-0.2, -0.15) is 0 Å². The zero-order valence-corrected chi connectivity index (χ0v) is 12.4. The van der Waals surface area contributed by atoms with E-state index in [1.165, 1.54) is 31.2 Å². The van der Waals surface area contributed by atoms with Gasteiger partial charge in [-0.05, 0) is 44.7 Å². The van der Waals surface area contributed by atoms with Gasteiger partial charge in [-0.3, -0.25) is 4.79 Å². The van der Waals surface area contributed by atoms with Crippen molar-refractivity contribution >= 4 is 11.7 Å². The fraction of sp³-hybridized carbons (Fsp3) is 0.588. The molecule has 0 aliphatic heterocycles. The third-order valence-electron chi connectivity index (χ3n) is 3.81. The van der Waals surface area contributed by atoms with Gasteiger partial charge in [-0.25, -0.2) is 0 Å². The second kappa shape index (κ2) is 7.93. The largest absolute Gasteiger partial charge is 0.462 e. The standard InChI is InChI=1S/C17H25NO2/c1-14-8-10-15(11-9-14)18-13-12-17(19)20-16-6-4-2-3-5-7-16/h8-11,16,18H,2-7,12-13H2,1H3. The Balaban J connectivity index is 1.65. The Morgan fingerprint density at radius 3 is 2.45 bits per heavy atom. The van der Waals surface area contributed by atoms with Crippen molar-refractivity contribution < 1.29 is 9.53 Å². The molecule has 20 heavy (non-hydrogen) atoms. The van der Waals surface area contributed by atoms with Crippen molar-refractivity contribution in [2.45, 2.75) is 58.0 Å². The molecule has 0 saturated heterocycles. The Morgan fingerprint density at radius 2 is 1.80 bits per heavy atom. The summed E-state index contributed by atoms with van der Waals surface area (Å²) in [4.78, 5) is 11.8. The molecule has 0 aromatic heterocycles. The van der Waals surface area contributed by atoms with E-state index in [-0.39, 0.29) is 12.1 Å². The van der Waals surface area contributed by atoms with Crippen LogP contribution in [0.4, 0.5) is 5.69 Å². The van der Waals surface area contributed by atoms with Gasteiger partial charge in [0.15, 0.2) is 0 Å². The lowest BCUT2D eigenvalue weighted by molar-refractivity contribution is -0.149. The Hall–Kier alpha value is -1.51. The van der Waals surface area contributed by atoms with Crippen LogP contribution in [0.5, 0.6) is 0 Å². The molecule has 2 rings (SSSR count). The lowest BCUT2D eigenvalue weighted by Crippen LogP contribution is -2.19.